The van der Waals surface area contributed by atoms with E-state index in [0.29, 0.717) is 19.1 Å². The fraction of sp³-hybridized carbons (Fsp3) is 0.562. The Hall–Kier alpha value is -1.26. The number of nitrogens with one attached hydrogen (secondary N) is 1. The van der Waals surface area contributed by atoms with Crippen LogP contribution in [0.5, 0.6) is 0 Å². The Balaban J connectivity index is 1.97. The van der Waals surface area contributed by atoms with Gasteiger partial charge in [-0.2, -0.15) is 0 Å². The summed E-state index contributed by atoms with van der Waals surface area (Å²) in [7, 11) is 1.63. The summed E-state index contributed by atoms with van der Waals surface area (Å²) in [5, 5.41) is 3.65. The topological polar surface area (TPSA) is 41.6 Å². The van der Waals surface area contributed by atoms with E-state index in [2.05, 4.69) is 17.4 Å². The maximum absolute atomic E-state index is 12.2. The van der Waals surface area contributed by atoms with Gasteiger partial charge in [-0.25, -0.2) is 4.79 Å². The minimum Gasteiger partial charge on any atom is -0.383 e. The fourth-order valence-electron chi connectivity index (χ4n) is 2.71. The Kier molecular flexibility index (Phi) is 6.33. The standard InChI is InChI=1S/C16H23ClN2O2/c1-21-11-9-18-16(20)19-10-3-2-4-14(12-19)13-5-7-15(17)8-6-13/h5-8,14H,2-4,9-12H2,1H3,(H,18,20)/t14-/m1/s1. The molecule has 1 heterocycles. The van der Waals surface area contributed by atoms with Gasteiger partial charge in [0.15, 0.2) is 0 Å². The molecule has 1 aromatic carbocycles. The van der Waals surface area contributed by atoms with E-state index in [9.17, 15) is 4.79 Å². The lowest BCUT2D eigenvalue weighted by Crippen LogP contribution is -2.42. The molecule has 0 bridgehead atoms. The lowest BCUT2D eigenvalue weighted by Gasteiger charge is -2.25. The van der Waals surface area contributed by atoms with Gasteiger partial charge in [0, 0.05) is 37.7 Å². The van der Waals surface area contributed by atoms with Gasteiger partial charge >= 0.3 is 6.03 Å². The van der Waals surface area contributed by atoms with Crippen LogP contribution in [0.2, 0.25) is 5.02 Å². The highest BCUT2D eigenvalue weighted by atomic mass is 35.5. The van der Waals surface area contributed by atoms with Crippen LogP contribution in [0.3, 0.4) is 0 Å². The number of carbonyl (C=O) groups excluding carboxylic acids is 1. The van der Waals surface area contributed by atoms with Crippen molar-refractivity contribution >= 4 is 17.6 Å². The number of hydrogen-bond donors (Lipinski definition) is 1. The third-order valence-electron chi connectivity index (χ3n) is 3.88. The normalized spacial score (nSPS) is 19.1. The Morgan fingerprint density at radius 1 is 1.38 bits per heavy atom. The molecule has 21 heavy (non-hydrogen) atoms. The summed E-state index contributed by atoms with van der Waals surface area (Å²) in [6, 6.07) is 7.99. The van der Waals surface area contributed by atoms with E-state index < -0.39 is 0 Å². The van der Waals surface area contributed by atoms with Crippen LogP contribution in [0.1, 0.15) is 30.7 Å². The van der Waals surface area contributed by atoms with Crippen LogP contribution >= 0.6 is 11.6 Å². The van der Waals surface area contributed by atoms with E-state index in [-0.39, 0.29) is 6.03 Å². The van der Waals surface area contributed by atoms with Crippen molar-refractivity contribution in [1.82, 2.24) is 10.2 Å². The minimum atomic E-state index is 0.00733. The van der Waals surface area contributed by atoms with Gasteiger partial charge in [-0.05, 0) is 30.5 Å². The Bertz CT molecular complexity index is 450. The van der Waals surface area contributed by atoms with Gasteiger partial charge < -0.3 is 15.0 Å². The predicted molar refractivity (Wildman–Crippen MR) is 84.9 cm³/mol. The molecular weight excluding hydrogens is 288 g/mol. The number of halogens is 1. The monoisotopic (exact) mass is 310 g/mol. The number of benzene rings is 1. The molecule has 4 nitrogen and oxygen atoms in total. The van der Waals surface area contributed by atoms with Crippen LogP contribution in [0.15, 0.2) is 24.3 Å². The predicted octanol–water partition coefficient (Wildman–Crippen LogP) is 3.27. The first-order valence-electron chi connectivity index (χ1n) is 7.48. The van der Waals surface area contributed by atoms with Crippen molar-refractivity contribution in [2.75, 3.05) is 33.4 Å². The van der Waals surface area contributed by atoms with Gasteiger partial charge in [0.05, 0.1) is 6.61 Å². The number of nitrogens with zero attached hydrogens (tertiary/aromatic N) is 1. The average molecular weight is 311 g/mol. The van der Waals surface area contributed by atoms with Gasteiger partial charge in [-0.3, -0.25) is 0 Å². The molecule has 2 rings (SSSR count). The Labute approximate surface area is 131 Å². The van der Waals surface area contributed by atoms with Crippen LogP contribution in [0, 0.1) is 0 Å². The van der Waals surface area contributed by atoms with E-state index in [1.165, 1.54) is 5.56 Å². The quantitative estimate of drug-likeness (QED) is 0.867. The van der Waals surface area contributed by atoms with Crippen molar-refractivity contribution in [3.8, 4) is 0 Å². The molecule has 2 amide bonds. The number of rotatable bonds is 4. The highest BCUT2D eigenvalue weighted by Gasteiger charge is 2.22. The summed E-state index contributed by atoms with van der Waals surface area (Å²) in [4.78, 5) is 14.1. The molecule has 0 aromatic heterocycles. The van der Waals surface area contributed by atoms with Crippen molar-refractivity contribution in [3.63, 3.8) is 0 Å². The van der Waals surface area contributed by atoms with Crippen LogP contribution in [-0.4, -0.2) is 44.3 Å². The molecule has 1 saturated heterocycles. The van der Waals surface area contributed by atoms with Gasteiger partial charge in [0.25, 0.3) is 0 Å². The minimum absolute atomic E-state index is 0.00733. The molecule has 1 fully saturated rings. The van der Waals surface area contributed by atoms with Crippen molar-refractivity contribution in [3.05, 3.63) is 34.9 Å². The number of carbonyl (C=O) groups is 1. The van der Waals surface area contributed by atoms with Crippen molar-refractivity contribution < 1.29 is 9.53 Å². The van der Waals surface area contributed by atoms with Crippen LogP contribution in [0.4, 0.5) is 4.79 Å². The summed E-state index contributed by atoms with van der Waals surface area (Å²) in [5.41, 5.74) is 1.26. The molecule has 116 valence electrons. The van der Waals surface area contributed by atoms with E-state index >= 15 is 0 Å². The van der Waals surface area contributed by atoms with E-state index in [1.807, 2.05) is 17.0 Å². The van der Waals surface area contributed by atoms with Crippen molar-refractivity contribution in [2.24, 2.45) is 0 Å². The molecule has 0 radical (unpaired) electrons. The van der Waals surface area contributed by atoms with E-state index in [1.54, 1.807) is 7.11 Å². The highest BCUT2D eigenvalue weighted by Crippen LogP contribution is 2.27. The summed E-state index contributed by atoms with van der Waals surface area (Å²) < 4.78 is 4.96. The van der Waals surface area contributed by atoms with Gasteiger partial charge in [0.1, 0.15) is 0 Å². The zero-order valence-electron chi connectivity index (χ0n) is 12.5. The first-order valence-corrected chi connectivity index (χ1v) is 7.85. The molecule has 1 atom stereocenters. The molecule has 1 aliphatic rings. The zero-order chi connectivity index (χ0) is 15.1. The van der Waals surface area contributed by atoms with Crippen LogP contribution in [-0.2, 0) is 4.74 Å². The highest BCUT2D eigenvalue weighted by molar-refractivity contribution is 6.30. The van der Waals surface area contributed by atoms with Gasteiger partial charge in [-0.1, -0.05) is 30.2 Å². The first-order chi connectivity index (χ1) is 10.2. The lowest BCUT2D eigenvalue weighted by molar-refractivity contribution is 0.179. The third kappa shape index (κ3) is 4.90. The second-order valence-corrected chi connectivity index (χ2v) is 5.85. The number of urea groups is 1. The Morgan fingerprint density at radius 3 is 2.86 bits per heavy atom. The fourth-order valence-corrected chi connectivity index (χ4v) is 2.83. The van der Waals surface area contributed by atoms with Crippen molar-refractivity contribution in [2.45, 2.75) is 25.2 Å². The third-order valence-corrected chi connectivity index (χ3v) is 4.13. The van der Waals surface area contributed by atoms with Crippen molar-refractivity contribution in [1.29, 1.82) is 0 Å². The Morgan fingerprint density at radius 2 is 2.14 bits per heavy atom. The number of hydrogen-bond acceptors (Lipinski definition) is 2. The molecule has 0 saturated carbocycles. The first kappa shape index (κ1) is 16.1. The summed E-state index contributed by atoms with van der Waals surface area (Å²) >= 11 is 5.95. The van der Waals surface area contributed by atoms with Gasteiger partial charge in [-0.15, -0.1) is 0 Å². The molecule has 1 aliphatic heterocycles. The summed E-state index contributed by atoms with van der Waals surface area (Å²) in [5.74, 6) is 0.387. The maximum Gasteiger partial charge on any atom is 0.317 e. The van der Waals surface area contributed by atoms with Crippen LogP contribution in [0.25, 0.3) is 0 Å². The second-order valence-electron chi connectivity index (χ2n) is 5.42. The molecule has 5 heteroatoms. The molecule has 0 unspecified atom stereocenters. The zero-order valence-corrected chi connectivity index (χ0v) is 13.2. The smallest absolute Gasteiger partial charge is 0.317 e. The van der Waals surface area contributed by atoms with Crippen LogP contribution < -0.4 is 5.32 Å². The SMILES string of the molecule is COCCNC(=O)N1CCCC[C@@H](c2ccc(Cl)cc2)C1. The molecule has 0 aliphatic carbocycles. The maximum atomic E-state index is 12.2. The van der Waals surface area contributed by atoms with E-state index in [0.717, 1.165) is 37.4 Å². The molecular formula is C16H23ClN2O2. The number of ether oxygens (including phenoxy) is 1. The molecule has 0 spiro atoms. The summed E-state index contributed by atoms with van der Waals surface area (Å²) in [6.07, 6.45) is 3.32. The average Bonchev–Trinajstić information content (AvgIpc) is 2.74. The molecule has 1 N–H and O–H groups in total. The summed E-state index contributed by atoms with van der Waals surface area (Å²) in [6.45, 7) is 2.68. The number of amides is 2. The van der Waals surface area contributed by atoms with E-state index in [4.69, 9.17) is 16.3 Å². The largest absolute Gasteiger partial charge is 0.383 e. The second kappa shape index (κ2) is 8.25. The van der Waals surface area contributed by atoms with Gasteiger partial charge in [0.2, 0.25) is 0 Å². The molecule has 1 aromatic rings. The number of methoxy groups -OCH3 is 1. The number of likely N-dealkylation sites (tertiary alicyclic amines) is 1. The lowest BCUT2D eigenvalue weighted by atomic mass is 9.94.